The number of hydrogen-bond donors (Lipinski definition) is 2. The van der Waals surface area contributed by atoms with Gasteiger partial charge in [0.15, 0.2) is 11.5 Å². The van der Waals surface area contributed by atoms with Crippen molar-refractivity contribution < 1.29 is 9.47 Å². The molecule has 0 aliphatic heterocycles. The highest BCUT2D eigenvalue weighted by Gasteiger charge is 2.04. The standard InChI is InChI=1S/C12H17BrN4O2/c1-18-11-7-9(8-16-17-12(14)15)3-4-10(11)19-6-2-5-13/h3-4,7-8H,2,5-6H2,1H3,(H4,14,15,17). The van der Waals surface area contributed by atoms with Gasteiger partial charge in [-0.3, -0.25) is 0 Å². The predicted octanol–water partition coefficient (Wildman–Crippen LogP) is 1.47. The summed E-state index contributed by atoms with van der Waals surface area (Å²) in [6.45, 7) is 0.628. The predicted molar refractivity (Wildman–Crippen MR) is 80.3 cm³/mol. The topological polar surface area (TPSA) is 95.2 Å². The molecule has 7 heteroatoms. The number of methoxy groups -OCH3 is 1. The van der Waals surface area contributed by atoms with Crippen molar-refractivity contribution in [1.29, 1.82) is 0 Å². The van der Waals surface area contributed by atoms with Gasteiger partial charge in [-0.25, -0.2) is 0 Å². The molecule has 0 heterocycles. The first-order valence-corrected chi connectivity index (χ1v) is 6.78. The average Bonchev–Trinajstić information content (AvgIpc) is 2.39. The summed E-state index contributed by atoms with van der Waals surface area (Å²) in [5.74, 6) is 1.25. The molecule has 19 heavy (non-hydrogen) atoms. The zero-order valence-electron chi connectivity index (χ0n) is 10.7. The number of alkyl halides is 1. The molecule has 4 N–H and O–H groups in total. The summed E-state index contributed by atoms with van der Waals surface area (Å²) in [6, 6.07) is 5.47. The van der Waals surface area contributed by atoms with E-state index in [0.717, 1.165) is 17.3 Å². The Labute approximate surface area is 120 Å². The molecule has 0 bridgehead atoms. The maximum Gasteiger partial charge on any atom is 0.211 e. The summed E-state index contributed by atoms with van der Waals surface area (Å²) in [7, 11) is 1.59. The van der Waals surface area contributed by atoms with E-state index in [1.165, 1.54) is 6.21 Å². The lowest BCUT2D eigenvalue weighted by atomic mass is 10.2. The molecule has 0 aromatic heterocycles. The largest absolute Gasteiger partial charge is 0.493 e. The summed E-state index contributed by atoms with van der Waals surface area (Å²) in [5.41, 5.74) is 11.2. The maximum atomic E-state index is 5.60. The zero-order valence-corrected chi connectivity index (χ0v) is 12.3. The van der Waals surface area contributed by atoms with E-state index in [2.05, 4.69) is 26.1 Å². The number of guanidine groups is 1. The molecule has 0 aliphatic rings. The molecule has 6 nitrogen and oxygen atoms in total. The SMILES string of the molecule is COc1cc(C=NN=C(N)N)ccc1OCCCBr. The molecule has 0 spiro atoms. The van der Waals surface area contributed by atoms with E-state index in [4.69, 9.17) is 20.9 Å². The molecule has 0 saturated heterocycles. The van der Waals surface area contributed by atoms with Crippen molar-refractivity contribution in [3.63, 3.8) is 0 Å². The van der Waals surface area contributed by atoms with E-state index in [1.54, 1.807) is 13.2 Å². The lowest BCUT2D eigenvalue weighted by Crippen LogP contribution is -2.21. The van der Waals surface area contributed by atoms with Crippen molar-refractivity contribution in [3.05, 3.63) is 23.8 Å². The third kappa shape index (κ3) is 5.60. The van der Waals surface area contributed by atoms with E-state index >= 15 is 0 Å². The van der Waals surface area contributed by atoms with E-state index in [-0.39, 0.29) is 5.96 Å². The lowest BCUT2D eigenvalue weighted by Gasteiger charge is -2.10. The quantitative estimate of drug-likeness (QED) is 0.260. The van der Waals surface area contributed by atoms with Crippen molar-refractivity contribution in [1.82, 2.24) is 0 Å². The second kappa shape index (κ2) is 8.36. The van der Waals surface area contributed by atoms with Crippen LogP contribution in [0, 0.1) is 0 Å². The van der Waals surface area contributed by atoms with Gasteiger partial charge in [0.25, 0.3) is 0 Å². The number of rotatable bonds is 7. The molecule has 1 aromatic rings. The Balaban J connectivity index is 2.77. The van der Waals surface area contributed by atoms with Crippen molar-refractivity contribution in [2.75, 3.05) is 19.0 Å². The van der Waals surface area contributed by atoms with Gasteiger partial charge in [0.1, 0.15) is 0 Å². The van der Waals surface area contributed by atoms with Gasteiger partial charge < -0.3 is 20.9 Å². The molecule has 0 fully saturated rings. The summed E-state index contributed by atoms with van der Waals surface area (Å²) in [5, 5.41) is 8.16. The fourth-order valence-electron chi connectivity index (χ4n) is 1.28. The molecule has 104 valence electrons. The highest BCUT2D eigenvalue weighted by atomic mass is 79.9. The Morgan fingerprint density at radius 2 is 2.16 bits per heavy atom. The number of nitrogens with zero attached hydrogens (tertiary/aromatic N) is 2. The Kier molecular flexibility index (Phi) is 6.73. The van der Waals surface area contributed by atoms with Crippen LogP contribution in [0.15, 0.2) is 28.4 Å². The molecule has 1 rings (SSSR count). The van der Waals surface area contributed by atoms with Gasteiger partial charge in [0.2, 0.25) is 5.96 Å². The van der Waals surface area contributed by atoms with Gasteiger partial charge in [-0.2, -0.15) is 5.10 Å². The molecule has 1 aromatic carbocycles. The van der Waals surface area contributed by atoms with E-state index in [1.807, 2.05) is 12.1 Å². The second-order valence-electron chi connectivity index (χ2n) is 3.57. The van der Waals surface area contributed by atoms with E-state index in [0.29, 0.717) is 18.1 Å². The Morgan fingerprint density at radius 3 is 2.79 bits per heavy atom. The molecule has 0 saturated carbocycles. The Morgan fingerprint density at radius 1 is 1.37 bits per heavy atom. The van der Waals surface area contributed by atoms with Crippen molar-refractivity contribution in [2.24, 2.45) is 21.7 Å². The van der Waals surface area contributed by atoms with Gasteiger partial charge >= 0.3 is 0 Å². The van der Waals surface area contributed by atoms with Gasteiger partial charge in [0, 0.05) is 5.33 Å². The first-order valence-electron chi connectivity index (χ1n) is 5.66. The van der Waals surface area contributed by atoms with Gasteiger partial charge in [-0.15, -0.1) is 5.10 Å². The Bertz CT molecular complexity index is 459. The molecule has 0 aliphatic carbocycles. The van der Waals surface area contributed by atoms with Crippen LogP contribution in [-0.2, 0) is 0 Å². The third-order valence-electron chi connectivity index (χ3n) is 2.10. The molecule has 0 atom stereocenters. The normalized spacial score (nSPS) is 10.4. The molecule has 0 radical (unpaired) electrons. The summed E-state index contributed by atoms with van der Waals surface area (Å²) < 4.78 is 10.9. The number of hydrogen-bond acceptors (Lipinski definition) is 4. The minimum Gasteiger partial charge on any atom is -0.493 e. The fraction of sp³-hybridized carbons (Fsp3) is 0.333. The zero-order chi connectivity index (χ0) is 14.1. The first-order chi connectivity index (χ1) is 9.17. The highest BCUT2D eigenvalue weighted by molar-refractivity contribution is 9.09. The lowest BCUT2D eigenvalue weighted by molar-refractivity contribution is 0.295. The van der Waals surface area contributed by atoms with Crippen LogP contribution in [-0.4, -0.2) is 31.2 Å². The number of ether oxygens (including phenoxy) is 2. The van der Waals surface area contributed by atoms with E-state index in [9.17, 15) is 0 Å². The molecular formula is C12H17BrN4O2. The van der Waals surface area contributed by atoms with Crippen LogP contribution in [0.1, 0.15) is 12.0 Å². The van der Waals surface area contributed by atoms with Crippen LogP contribution in [0.5, 0.6) is 11.5 Å². The number of halogens is 1. The van der Waals surface area contributed by atoms with Gasteiger partial charge in [-0.05, 0) is 30.2 Å². The number of benzene rings is 1. The smallest absolute Gasteiger partial charge is 0.211 e. The van der Waals surface area contributed by atoms with E-state index < -0.39 is 0 Å². The maximum absolute atomic E-state index is 5.60. The number of nitrogens with two attached hydrogens (primary N) is 2. The minimum atomic E-state index is -0.0852. The summed E-state index contributed by atoms with van der Waals surface area (Å²) in [6.07, 6.45) is 2.46. The van der Waals surface area contributed by atoms with Crippen LogP contribution < -0.4 is 20.9 Å². The monoisotopic (exact) mass is 328 g/mol. The molecule has 0 unspecified atom stereocenters. The molecular weight excluding hydrogens is 312 g/mol. The van der Waals surface area contributed by atoms with Crippen molar-refractivity contribution in [2.45, 2.75) is 6.42 Å². The van der Waals surface area contributed by atoms with Gasteiger partial charge in [0.05, 0.1) is 19.9 Å². The highest BCUT2D eigenvalue weighted by Crippen LogP contribution is 2.27. The third-order valence-corrected chi connectivity index (χ3v) is 2.66. The van der Waals surface area contributed by atoms with Gasteiger partial charge in [-0.1, -0.05) is 15.9 Å². The summed E-state index contributed by atoms with van der Waals surface area (Å²) in [4.78, 5) is 0. The van der Waals surface area contributed by atoms with Crippen LogP contribution >= 0.6 is 15.9 Å². The van der Waals surface area contributed by atoms with Crippen molar-refractivity contribution in [3.8, 4) is 11.5 Å². The summed E-state index contributed by atoms with van der Waals surface area (Å²) >= 11 is 3.35. The average molecular weight is 329 g/mol. The van der Waals surface area contributed by atoms with Crippen molar-refractivity contribution >= 4 is 28.1 Å². The Hall–Kier alpha value is -1.76. The minimum absolute atomic E-state index is 0.0852. The fourth-order valence-corrected chi connectivity index (χ4v) is 1.51. The van der Waals surface area contributed by atoms with Crippen LogP contribution in [0.2, 0.25) is 0 Å². The second-order valence-corrected chi connectivity index (χ2v) is 4.36. The van der Waals surface area contributed by atoms with Crippen LogP contribution in [0.3, 0.4) is 0 Å². The first kappa shape index (κ1) is 15.3. The van der Waals surface area contributed by atoms with Crippen LogP contribution in [0.25, 0.3) is 0 Å². The van der Waals surface area contributed by atoms with Crippen LogP contribution in [0.4, 0.5) is 0 Å². The molecule has 0 amide bonds.